The second-order valence-corrected chi connectivity index (χ2v) is 6.76. The first-order valence-electron chi connectivity index (χ1n) is 8.38. The number of nitriles is 1. The molecule has 28 heavy (non-hydrogen) atoms. The number of fused-ring (bicyclic) bond motifs is 1. The molecule has 2 aromatic carbocycles. The van der Waals surface area contributed by atoms with Gasteiger partial charge < -0.3 is 15.2 Å². The van der Waals surface area contributed by atoms with Gasteiger partial charge in [-0.05, 0) is 36.2 Å². The molecule has 0 atom stereocenters. The SMILES string of the molecule is Cc1cccc(-c2ccc(-n3c(Cl)cc4[nH]c(=O)c(C#N)c(O)c43)cc2)c1O. The standard InChI is InChI=1S/C21H14ClN3O3/c1-11-3-2-4-14(19(11)26)12-5-7-13(8-6-12)25-17(22)9-16-18(25)20(27)15(10-23)21(28)24-16/h2-9,26H,1H3,(H2,24,27,28). The molecule has 7 heteroatoms. The molecule has 0 fully saturated rings. The highest BCUT2D eigenvalue weighted by Gasteiger charge is 2.19. The number of aromatic hydroxyl groups is 2. The Labute approximate surface area is 164 Å². The van der Waals surface area contributed by atoms with Crippen molar-refractivity contribution in [2.45, 2.75) is 6.92 Å². The second kappa shape index (κ2) is 6.48. The summed E-state index contributed by atoms with van der Waals surface area (Å²) in [5.41, 5.74) is 2.44. The predicted octanol–water partition coefficient (Wildman–Crippen LogP) is 4.23. The first kappa shape index (κ1) is 17.7. The maximum Gasteiger partial charge on any atom is 0.270 e. The van der Waals surface area contributed by atoms with Crippen LogP contribution in [0.4, 0.5) is 0 Å². The summed E-state index contributed by atoms with van der Waals surface area (Å²) in [6, 6.07) is 15.9. The molecule has 0 saturated carbocycles. The number of hydrogen-bond donors (Lipinski definition) is 3. The van der Waals surface area contributed by atoms with E-state index in [-0.39, 0.29) is 22.0 Å². The van der Waals surface area contributed by atoms with Crippen molar-refractivity contribution in [2.24, 2.45) is 0 Å². The number of phenols is 1. The molecule has 0 bridgehead atoms. The van der Waals surface area contributed by atoms with Crippen LogP contribution in [0.5, 0.6) is 11.5 Å². The minimum Gasteiger partial charge on any atom is -0.507 e. The van der Waals surface area contributed by atoms with E-state index in [4.69, 9.17) is 16.9 Å². The summed E-state index contributed by atoms with van der Waals surface area (Å²) in [5, 5.41) is 30.1. The number of rotatable bonds is 2. The topological polar surface area (TPSA) is 102 Å². The van der Waals surface area contributed by atoms with E-state index in [9.17, 15) is 15.0 Å². The van der Waals surface area contributed by atoms with Crippen LogP contribution in [0.3, 0.4) is 0 Å². The molecule has 0 aliphatic heterocycles. The Morgan fingerprint density at radius 1 is 1.11 bits per heavy atom. The molecule has 4 rings (SSSR count). The van der Waals surface area contributed by atoms with Gasteiger partial charge in [-0.15, -0.1) is 0 Å². The lowest BCUT2D eigenvalue weighted by Crippen LogP contribution is -2.10. The summed E-state index contributed by atoms with van der Waals surface area (Å²) in [6.07, 6.45) is 0. The van der Waals surface area contributed by atoms with Crippen LogP contribution in [0, 0.1) is 18.3 Å². The first-order valence-corrected chi connectivity index (χ1v) is 8.76. The summed E-state index contributed by atoms with van der Waals surface area (Å²) in [4.78, 5) is 14.4. The van der Waals surface area contributed by atoms with Crippen LogP contribution in [0.15, 0.2) is 53.3 Å². The largest absolute Gasteiger partial charge is 0.507 e. The van der Waals surface area contributed by atoms with E-state index in [0.29, 0.717) is 16.8 Å². The summed E-state index contributed by atoms with van der Waals surface area (Å²) in [7, 11) is 0. The summed E-state index contributed by atoms with van der Waals surface area (Å²) in [5.74, 6) is -0.206. The number of aryl methyl sites for hydroxylation is 1. The molecular formula is C21H14ClN3O3. The zero-order valence-corrected chi connectivity index (χ0v) is 15.4. The number of phenolic OH excluding ortho intramolecular Hbond substituents is 1. The lowest BCUT2D eigenvalue weighted by molar-refractivity contribution is 0.473. The number of aromatic nitrogens is 2. The highest BCUT2D eigenvalue weighted by Crippen LogP contribution is 2.35. The highest BCUT2D eigenvalue weighted by atomic mass is 35.5. The molecule has 6 nitrogen and oxygen atoms in total. The second-order valence-electron chi connectivity index (χ2n) is 6.37. The Hall–Kier alpha value is -3.69. The molecule has 2 heterocycles. The fourth-order valence-corrected chi connectivity index (χ4v) is 3.55. The van der Waals surface area contributed by atoms with E-state index < -0.39 is 11.3 Å². The normalized spacial score (nSPS) is 10.9. The van der Waals surface area contributed by atoms with Crippen LogP contribution >= 0.6 is 11.6 Å². The van der Waals surface area contributed by atoms with E-state index in [2.05, 4.69) is 4.98 Å². The summed E-state index contributed by atoms with van der Waals surface area (Å²) in [6.45, 7) is 1.83. The minimum atomic E-state index is -0.674. The van der Waals surface area contributed by atoms with Crippen molar-refractivity contribution in [2.75, 3.05) is 0 Å². The molecule has 0 unspecified atom stereocenters. The average molecular weight is 392 g/mol. The Kier molecular flexibility index (Phi) is 4.10. The van der Waals surface area contributed by atoms with E-state index >= 15 is 0 Å². The third-order valence-corrected chi connectivity index (χ3v) is 4.96. The predicted molar refractivity (Wildman–Crippen MR) is 107 cm³/mol. The number of para-hydroxylation sites is 1. The highest BCUT2D eigenvalue weighted by molar-refractivity contribution is 6.31. The molecule has 0 aliphatic rings. The number of aromatic amines is 1. The van der Waals surface area contributed by atoms with Crippen molar-refractivity contribution in [3.63, 3.8) is 0 Å². The van der Waals surface area contributed by atoms with Gasteiger partial charge >= 0.3 is 0 Å². The zero-order chi connectivity index (χ0) is 20.0. The van der Waals surface area contributed by atoms with Crippen LogP contribution in [-0.2, 0) is 0 Å². The molecule has 0 amide bonds. The molecule has 2 aromatic heterocycles. The zero-order valence-electron chi connectivity index (χ0n) is 14.7. The van der Waals surface area contributed by atoms with E-state index in [0.717, 1.165) is 11.1 Å². The lowest BCUT2D eigenvalue weighted by atomic mass is 10.0. The fourth-order valence-electron chi connectivity index (χ4n) is 3.26. The minimum absolute atomic E-state index is 0.216. The maximum atomic E-state index is 11.9. The first-order chi connectivity index (χ1) is 13.4. The van der Waals surface area contributed by atoms with Gasteiger partial charge in [-0.1, -0.05) is 41.9 Å². The maximum absolute atomic E-state index is 11.9. The number of hydrogen-bond acceptors (Lipinski definition) is 4. The molecule has 0 spiro atoms. The number of H-pyrrole nitrogens is 1. The van der Waals surface area contributed by atoms with Crippen molar-refractivity contribution in [3.05, 3.63) is 75.2 Å². The smallest absolute Gasteiger partial charge is 0.270 e. The van der Waals surface area contributed by atoms with Gasteiger partial charge in [-0.25, -0.2) is 0 Å². The van der Waals surface area contributed by atoms with Gasteiger partial charge in [0.15, 0.2) is 11.3 Å². The summed E-state index contributed by atoms with van der Waals surface area (Å²) >= 11 is 6.33. The molecule has 0 aliphatic carbocycles. The quantitative estimate of drug-likeness (QED) is 0.475. The van der Waals surface area contributed by atoms with Crippen molar-refractivity contribution in [1.82, 2.24) is 9.55 Å². The van der Waals surface area contributed by atoms with Gasteiger partial charge in [0.05, 0.1) is 5.52 Å². The van der Waals surface area contributed by atoms with E-state index in [1.807, 2.05) is 37.3 Å². The summed E-state index contributed by atoms with van der Waals surface area (Å²) < 4.78 is 1.54. The third-order valence-electron chi connectivity index (χ3n) is 4.68. The fraction of sp³-hybridized carbons (Fsp3) is 0.0476. The molecule has 0 radical (unpaired) electrons. The van der Waals surface area contributed by atoms with Gasteiger partial charge in [0.25, 0.3) is 5.56 Å². The van der Waals surface area contributed by atoms with Crippen LogP contribution < -0.4 is 5.56 Å². The molecule has 3 N–H and O–H groups in total. The average Bonchev–Trinajstić information content (AvgIpc) is 3.00. The van der Waals surface area contributed by atoms with Crippen LogP contribution in [0.2, 0.25) is 5.15 Å². The van der Waals surface area contributed by atoms with E-state index in [1.54, 1.807) is 22.8 Å². The van der Waals surface area contributed by atoms with Crippen molar-refractivity contribution in [3.8, 4) is 34.4 Å². The number of benzene rings is 2. The number of halogens is 1. The molecule has 138 valence electrons. The Balaban J connectivity index is 1.90. The lowest BCUT2D eigenvalue weighted by Gasteiger charge is -2.11. The molecular weight excluding hydrogens is 378 g/mol. The number of nitrogens with zero attached hydrogens (tertiary/aromatic N) is 2. The number of pyridine rings is 1. The van der Waals surface area contributed by atoms with Gasteiger partial charge in [-0.2, -0.15) is 5.26 Å². The van der Waals surface area contributed by atoms with Gasteiger partial charge in [-0.3, -0.25) is 9.36 Å². The third kappa shape index (κ3) is 2.61. The van der Waals surface area contributed by atoms with Crippen molar-refractivity contribution >= 4 is 22.6 Å². The van der Waals surface area contributed by atoms with E-state index in [1.165, 1.54) is 6.07 Å². The Morgan fingerprint density at radius 2 is 1.82 bits per heavy atom. The van der Waals surface area contributed by atoms with Crippen LogP contribution in [0.1, 0.15) is 11.1 Å². The monoisotopic (exact) mass is 391 g/mol. The molecule has 0 saturated heterocycles. The Bertz CT molecular complexity index is 1330. The van der Waals surface area contributed by atoms with Crippen molar-refractivity contribution in [1.29, 1.82) is 5.26 Å². The number of nitrogens with one attached hydrogen (secondary N) is 1. The van der Waals surface area contributed by atoms with Crippen LogP contribution in [-0.4, -0.2) is 19.8 Å². The van der Waals surface area contributed by atoms with Gasteiger partial charge in [0, 0.05) is 11.3 Å². The Morgan fingerprint density at radius 3 is 2.50 bits per heavy atom. The van der Waals surface area contributed by atoms with Crippen molar-refractivity contribution < 1.29 is 10.2 Å². The van der Waals surface area contributed by atoms with Gasteiger partial charge in [0.1, 0.15) is 22.5 Å². The molecule has 4 aromatic rings. The van der Waals surface area contributed by atoms with Crippen LogP contribution in [0.25, 0.3) is 27.8 Å². The van der Waals surface area contributed by atoms with Gasteiger partial charge in [0.2, 0.25) is 0 Å².